The number of nitrogens with zero attached hydrogens (tertiary/aromatic N) is 2. The molecule has 20 heavy (non-hydrogen) atoms. The summed E-state index contributed by atoms with van der Waals surface area (Å²) in [6.07, 6.45) is 0.287. The van der Waals surface area contributed by atoms with E-state index in [1.807, 2.05) is 0 Å². The summed E-state index contributed by atoms with van der Waals surface area (Å²) >= 11 is 1.79. The molecule has 0 saturated carbocycles. The SMILES string of the molecule is CCNCc1sc(N(C)CCOC(C)C)nc1C(C)C. The van der Waals surface area contributed by atoms with Gasteiger partial charge >= 0.3 is 0 Å². The van der Waals surface area contributed by atoms with Gasteiger partial charge in [0.15, 0.2) is 5.13 Å². The van der Waals surface area contributed by atoms with E-state index in [1.54, 1.807) is 11.3 Å². The molecule has 0 aliphatic rings. The van der Waals surface area contributed by atoms with Crippen LogP contribution in [0.2, 0.25) is 0 Å². The van der Waals surface area contributed by atoms with Gasteiger partial charge in [0, 0.05) is 25.0 Å². The van der Waals surface area contributed by atoms with Crippen molar-refractivity contribution in [1.82, 2.24) is 10.3 Å². The van der Waals surface area contributed by atoms with Crippen LogP contribution in [0.15, 0.2) is 0 Å². The van der Waals surface area contributed by atoms with E-state index in [4.69, 9.17) is 9.72 Å². The van der Waals surface area contributed by atoms with Crippen LogP contribution in [0.1, 0.15) is 51.1 Å². The molecule has 0 amide bonds. The number of hydrogen-bond donors (Lipinski definition) is 1. The van der Waals surface area contributed by atoms with Crippen molar-refractivity contribution in [3.05, 3.63) is 10.6 Å². The Morgan fingerprint density at radius 3 is 2.55 bits per heavy atom. The van der Waals surface area contributed by atoms with Crippen LogP contribution in [0, 0.1) is 0 Å². The van der Waals surface area contributed by atoms with Gasteiger partial charge in [0.25, 0.3) is 0 Å². The van der Waals surface area contributed by atoms with Gasteiger partial charge in [-0.1, -0.05) is 20.8 Å². The first-order valence-electron chi connectivity index (χ1n) is 7.48. The molecule has 1 aromatic heterocycles. The molecule has 0 bridgehead atoms. The summed E-state index contributed by atoms with van der Waals surface area (Å²) in [6, 6.07) is 0. The highest BCUT2D eigenvalue weighted by atomic mass is 32.1. The van der Waals surface area contributed by atoms with Crippen molar-refractivity contribution in [2.45, 2.75) is 53.2 Å². The zero-order valence-corrected chi connectivity index (χ0v) is 14.5. The molecule has 0 aromatic carbocycles. The number of thiazole rings is 1. The van der Waals surface area contributed by atoms with E-state index in [0.29, 0.717) is 5.92 Å². The van der Waals surface area contributed by atoms with E-state index in [2.05, 4.69) is 51.9 Å². The molecule has 5 heteroatoms. The Hall–Kier alpha value is -0.650. The molecule has 0 radical (unpaired) electrons. The van der Waals surface area contributed by atoms with Crippen molar-refractivity contribution >= 4 is 16.5 Å². The Morgan fingerprint density at radius 1 is 1.30 bits per heavy atom. The number of rotatable bonds is 9. The van der Waals surface area contributed by atoms with Crippen LogP contribution in [0.3, 0.4) is 0 Å². The minimum atomic E-state index is 0.287. The van der Waals surface area contributed by atoms with E-state index < -0.39 is 0 Å². The van der Waals surface area contributed by atoms with Crippen molar-refractivity contribution < 1.29 is 4.74 Å². The molecule has 0 aliphatic heterocycles. The highest BCUT2D eigenvalue weighted by Crippen LogP contribution is 2.30. The number of aromatic nitrogens is 1. The Bertz CT molecular complexity index is 390. The third-order valence-electron chi connectivity index (χ3n) is 3.00. The highest BCUT2D eigenvalue weighted by Gasteiger charge is 2.16. The Kier molecular flexibility index (Phi) is 7.48. The molecule has 116 valence electrons. The lowest BCUT2D eigenvalue weighted by molar-refractivity contribution is 0.0846. The normalized spacial score (nSPS) is 11.6. The number of hydrogen-bond acceptors (Lipinski definition) is 5. The number of nitrogens with one attached hydrogen (secondary N) is 1. The van der Waals surface area contributed by atoms with Crippen molar-refractivity contribution in [3.8, 4) is 0 Å². The molecule has 1 N–H and O–H groups in total. The monoisotopic (exact) mass is 299 g/mol. The van der Waals surface area contributed by atoms with E-state index in [-0.39, 0.29) is 6.10 Å². The molecule has 1 rings (SSSR count). The molecule has 0 unspecified atom stereocenters. The average Bonchev–Trinajstić information content (AvgIpc) is 2.80. The quantitative estimate of drug-likeness (QED) is 0.759. The molecular formula is C15H29N3OS. The average molecular weight is 299 g/mol. The fourth-order valence-electron chi connectivity index (χ4n) is 1.85. The number of anilines is 1. The van der Waals surface area contributed by atoms with Crippen LogP contribution in [-0.4, -0.2) is 37.8 Å². The van der Waals surface area contributed by atoms with Crippen LogP contribution in [-0.2, 0) is 11.3 Å². The summed E-state index contributed by atoms with van der Waals surface area (Å²) in [5.41, 5.74) is 1.22. The van der Waals surface area contributed by atoms with Gasteiger partial charge in [-0.05, 0) is 26.3 Å². The maximum atomic E-state index is 5.61. The molecule has 0 saturated heterocycles. The first kappa shape index (κ1) is 17.4. The van der Waals surface area contributed by atoms with Crippen LogP contribution < -0.4 is 10.2 Å². The third-order valence-corrected chi connectivity index (χ3v) is 4.19. The van der Waals surface area contributed by atoms with Gasteiger partial charge in [-0.3, -0.25) is 0 Å². The zero-order chi connectivity index (χ0) is 15.1. The summed E-state index contributed by atoms with van der Waals surface area (Å²) in [4.78, 5) is 8.35. The smallest absolute Gasteiger partial charge is 0.185 e. The molecule has 0 atom stereocenters. The van der Waals surface area contributed by atoms with Crippen molar-refractivity contribution in [2.24, 2.45) is 0 Å². The third kappa shape index (κ3) is 5.38. The van der Waals surface area contributed by atoms with Gasteiger partial charge in [-0.2, -0.15) is 0 Å². The van der Waals surface area contributed by atoms with E-state index in [0.717, 1.165) is 31.4 Å². The minimum absolute atomic E-state index is 0.287. The summed E-state index contributed by atoms with van der Waals surface area (Å²) in [7, 11) is 2.09. The Labute approximate surface area is 127 Å². The van der Waals surface area contributed by atoms with E-state index >= 15 is 0 Å². The molecule has 4 nitrogen and oxygen atoms in total. The molecule has 0 spiro atoms. The van der Waals surface area contributed by atoms with Crippen molar-refractivity contribution in [3.63, 3.8) is 0 Å². The summed E-state index contributed by atoms with van der Waals surface area (Å²) in [6.45, 7) is 14.2. The fraction of sp³-hybridized carbons (Fsp3) is 0.800. The number of likely N-dealkylation sites (N-methyl/N-ethyl adjacent to an activating group) is 1. The van der Waals surface area contributed by atoms with Crippen molar-refractivity contribution in [1.29, 1.82) is 0 Å². The van der Waals surface area contributed by atoms with Gasteiger partial charge in [0.1, 0.15) is 0 Å². The van der Waals surface area contributed by atoms with Crippen LogP contribution in [0.5, 0.6) is 0 Å². The summed E-state index contributed by atoms with van der Waals surface area (Å²) in [5, 5.41) is 4.49. The van der Waals surface area contributed by atoms with Crippen molar-refractivity contribution in [2.75, 3.05) is 31.6 Å². The molecule has 0 aliphatic carbocycles. The lowest BCUT2D eigenvalue weighted by atomic mass is 10.1. The summed E-state index contributed by atoms with van der Waals surface area (Å²) < 4.78 is 5.61. The zero-order valence-electron chi connectivity index (χ0n) is 13.7. The maximum absolute atomic E-state index is 5.61. The number of ether oxygens (including phenoxy) is 1. The second-order valence-electron chi connectivity index (χ2n) is 5.58. The highest BCUT2D eigenvalue weighted by molar-refractivity contribution is 7.15. The lowest BCUT2D eigenvalue weighted by Gasteiger charge is -2.16. The Morgan fingerprint density at radius 2 is 2.00 bits per heavy atom. The minimum Gasteiger partial charge on any atom is -0.377 e. The van der Waals surface area contributed by atoms with E-state index in [9.17, 15) is 0 Å². The molecular weight excluding hydrogens is 270 g/mol. The standard InChI is InChI=1S/C15H29N3OS/c1-7-16-10-13-14(11(2)3)17-15(20-13)18(6)8-9-19-12(4)5/h11-12,16H,7-10H2,1-6H3. The second kappa shape index (κ2) is 8.60. The molecule has 0 fully saturated rings. The van der Waals surface area contributed by atoms with Gasteiger partial charge in [-0.25, -0.2) is 4.98 Å². The first-order chi connectivity index (χ1) is 9.45. The molecule has 1 aromatic rings. The van der Waals surface area contributed by atoms with Gasteiger partial charge in [-0.15, -0.1) is 11.3 Å². The van der Waals surface area contributed by atoms with Crippen LogP contribution in [0.25, 0.3) is 0 Å². The second-order valence-corrected chi connectivity index (χ2v) is 6.64. The lowest BCUT2D eigenvalue weighted by Crippen LogP contribution is -2.23. The largest absolute Gasteiger partial charge is 0.377 e. The Balaban J connectivity index is 2.69. The van der Waals surface area contributed by atoms with Gasteiger partial charge in [0.2, 0.25) is 0 Å². The topological polar surface area (TPSA) is 37.4 Å². The van der Waals surface area contributed by atoms with Crippen LogP contribution >= 0.6 is 11.3 Å². The van der Waals surface area contributed by atoms with Gasteiger partial charge in [0.05, 0.1) is 18.4 Å². The van der Waals surface area contributed by atoms with E-state index in [1.165, 1.54) is 10.6 Å². The predicted octanol–water partition coefficient (Wildman–Crippen LogP) is 3.24. The maximum Gasteiger partial charge on any atom is 0.185 e. The predicted molar refractivity (Wildman–Crippen MR) is 87.9 cm³/mol. The first-order valence-corrected chi connectivity index (χ1v) is 8.30. The van der Waals surface area contributed by atoms with Gasteiger partial charge < -0.3 is 15.0 Å². The summed E-state index contributed by atoms with van der Waals surface area (Å²) in [5.74, 6) is 0.467. The molecule has 1 heterocycles. The fourth-order valence-corrected chi connectivity index (χ4v) is 3.02. The van der Waals surface area contributed by atoms with Crippen LogP contribution in [0.4, 0.5) is 5.13 Å².